The molecule has 0 fully saturated rings. The van der Waals surface area contributed by atoms with Gasteiger partial charge >= 0.3 is 6.16 Å². The summed E-state index contributed by atoms with van der Waals surface area (Å²) in [7, 11) is 0. The zero-order valence-electron chi connectivity index (χ0n) is 4.09. The molecule has 0 saturated carbocycles. The molecule has 0 heterocycles. The first kappa shape index (κ1) is 7.30. The summed E-state index contributed by atoms with van der Waals surface area (Å²) in [6.07, 6.45) is 0.129. The monoisotopic (exact) mass is 136 g/mol. The summed E-state index contributed by atoms with van der Waals surface area (Å²) in [6, 6.07) is -0.202. The van der Waals surface area contributed by atoms with Crippen LogP contribution in [0.2, 0.25) is 0 Å². The standard InChI is InChI=1S/C4H5ClO3/c1-2-7-4(6)8-3-5/h2H,1,3H2. The summed E-state index contributed by atoms with van der Waals surface area (Å²) in [5.41, 5.74) is 0. The molecule has 0 amide bonds. The second-order valence-corrected chi connectivity index (χ2v) is 1.01. The van der Waals surface area contributed by atoms with E-state index in [9.17, 15) is 4.79 Å². The Balaban J connectivity index is 3.18. The van der Waals surface area contributed by atoms with E-state index in [0.29, 0.717) is 0 Å². The van der Waals surface area contributed by atoms with Gasteiger partial charge in [0.15, 0.2) is 6.07 Å². The highest BCUT2D eigenvalue weighted by molar-refractivity contribution is 6.17. The molecule has 0 radical (unpaired) electrons. The predicted molar refractivity (Wildman–Crippen MR) is 28.5 cm³/mol. The van der Waals surface area contributed by atoms with Crippen molar-refractivity contribution in [1.82, 2.24) is 0 Å². The molecule has 8 heavy (non-hydrogen) atoms. The molecule has 0 N–H and O–H groups in total. The fourth-order valence-corrected chi connectivity index (χ4v) is 0.236. The molecule has 0 aromatic heterocycles. The van der Waals surface area contributed by atoms with Crippen LogP contribution in [0.1, 0.15) is 0 Å². The number of rotatable bonds is 2. The molecule has 0 atom stereocenters. The van der Waals surface area contributed by atoms with Crippen LogP contribution in [0.4, 0.5) is 4.79 Å². The first-order valence-electron chi connectivity index (χ1n) is 1.81. The van der Waals surface area contributed by atoms with E-state index >= 15 is 0 Å². The molecule has 4 heteroatoms. The topological polar surface area (TPSA) is 35.5 Å². The van der Waals surface area contributed by atoms with E-state index in [2.05, 4.69) is 16.1 Å². The van der Waals surface area contributed by atoms with Gasteiger partial charge in [-0.2, -0.15) is 0 Å². The molecule has 0 saturated heterocycles. The molecule has 0 rings (SSSR count). The van der Waals surface area contributed by atoms with Crippen LogP contribution in [-0.2, 0) is 9.47 Å². The molecule has 0 spiro atoms. The van der Waals surface area contributed by atoms with Gasteiger partial charge in [0.25, 0.3) is 0 Å². The van der Waals surface area contributed by atoms with Gasteiger partial charge in [-0.05, 0) is 0 Å². The number of ether oxygens (including phenoxy) is 2. The Morgan fingerprint density at radius 1 is 1.88 bits per heavy atom. The Morgan fingerprint density at radius 2 is 2.50 bits per heavy atom. The summed E-state index contributed by atoms with van der Waals surface area (Å²) >= 11 is 4.97. The molecule has 3 nitrogen and oxygen atoms in total. The number of hydrogen-bond acceptors (Lipinski definition) is 3. The molecule has 0 bridgehead atoms. The summed E-state index contributed by atoms with van der Waals surface area (Å²) in [5, 5.41) is 0. The number of alkyl halides is 1. The quantitative estimate of drug-likeness (QED) is 0.328. The summed E-state index contributed by atoms with van der Waals surface area (Å²) in [4.78, 5) is 10.0. The van der Waals surface area contributed by atoms with Gasteiger partial charge in [-0.25, -0.2) is 4.79 Å². The van der Waals surface area contributed by atoms with Gasteiger partial charge < -0.3 is 9.47 Å². The first-order valence-corrected chi connectivity index (χ1v) is 2.35. The van der Waals surface area contributed by atoms with Gasteiger partial charge in [-0.3, -0.25) is 0 Å². The average molecular weight is 137 g/mol. The fraction of sp³-hybridized carbons (Fsp3) is 0.250. The molecule has 0 aliphatic heterocycles. The van der Waals surface area contributed by atoms with Gasteiger partial charge in [0.1, 0.15) is 0 Å². The second kappa shape index (κ2) is 4.46. The van der Waals surface area contributed by atoms with Crippen molar-refractivity contribution >= 4 is 17.8 Å². The van der Waals surface area contributed by atoms with Crippen molar-refractivity contribution in [1.29, 1.82) is 0 Å². The summed E-state index contributed by atoms with van der Waals surface area (Å²) in [6.45, 7) is 3.12. The average Bonchev–Trinajstić information content (AvgIpc) is 1.68. The van der Waals surface area contributed by atoms with Gasteiger partial charge in [-0.1, -0.05) is 18.2 Å². The van der Waals surface area contributed by atoms with E-state index in [1.807, 2.05) is 0 Å². The van der Waals surface area contributed by atoms with Crippen LogP contribution < -0.4 is 0 Å². The third-order valence-corrected chi connectivity index (χ3v) is 0.461. The molecular weight excluding hydrogens is 131 g/mol. The minimum atomic E-state index is -0.838. The highest BCUT2D eigenvalue weighted by atomic mass is 35.5. The van der Waals surface area contributed by atoms with Gasteiger partial charge in [0.2, 0.25) is 0 Å². The summed E-state index contributed by atoms with van der Waals surface area (Å²) < 4.78 is 8.22. The number of halogens is 1. The minimum absolute atomic E-state index is 0.202. The van der Waals surface area contributed by atoms with Gasteiger partial charge in [0, 0.05) is 0 Å². The Labute approximate surface area is 51.8 Å². The molecule has 0 aromatic carbocycles. The Bertz CT molecular complexity index is 91.3. The maximum absolute atomic E-state index is 10.0. The predicted octanol–water partition coefficient (Wildman–Crippen LogP) is 1.48. The molecule has 0 aromatic rings. The lowest BCUT2D eigenvalue weighted by Crippen LogP contribution is -2.00. The smallest absolute Gasteiger partial charge is 0.418 e. The van der Waals surface area contributed by atoms with Gasteiger partial charge in [0.05, 0.1) is 6.26 Å². The molecule has 0 aliphatic carbocycles. The van der Waals surface area contributed by atoms with Crippen LogP contribution in [0.3, 0.4) is 0 Å². The number of carbonyl (C=O) groups is 1. The molecule has 0 unspecified atom stereocenters. The van der Waals surface area contributed by atoms with Crippen molar-refractivity contribution in [3.05, 3.63) is 12.8 Å². The van der Waals surface area contributed by atoms with Crippen molar-refractivity contribution in [2.45, 2.75) is 0 Å². The lowest BCUT2D eigenvalue weighted by Gasteiger charge is -1.94. The normalized spacial score (nSPS) is 7.62. The van der Waals surface area contributed by atoms with Crippen LogP contribution >= 0.6 is 11.6 Å². The van der Waals surface area contributed by atoms with Crippen LogP contribution in [0, 0.1) is 0 Å². The maximum Gasteiger partial charge on any atom is 0.514 e. The lowest BCUT2D eigenvalue weighted by atomic mass is 11.1. The maximum atomic E-state index is 10.0. The zero-order chi connectivity index (χ0) is 6.41. The SMILES string of the molecule is C=COC(=O)OCCl. The minimum Gasteiger partial charge on any atom is -0.418 e. The van der Waals surface area contributed by atoms with Crippen molar-refractivity contribution in [2.24, 2.45) is 0 Å². The van der Waals surface area contributed by atoms with E-state index in [0.717, 1.165) is 6.26 Å². The Kier molecular flexibility index (Phi) is 4.07. The van der Waals surface area contributed by atoms with Crippen LogP contribution in [0.25, 0.3) is 0 Å². The van der Waals surface area contributed by atoms with Crippen molar-refractivity contribution in [3.63, 3.8) is 0 Å². The first-order chi connectivity index (χ1) is 3.81. The Hall–Kier alpha value is -0.700. The van der Waals surface area contributed by atoms with Crippen molar-refractivity contribution in [2.75, 3.05) is 6.07 Å². The number of carbonyl (C=O) groups excluding carboxylic acids is 1. The molecular formula is C4H5ClO3. The fourth-order valence-electron chi connectivity index (χ4n) is 0.147. The van der Waals surface area contributed by atoms with Gasteiger partial charge in [-0.15, -0.1) is 0 Å². The highest BCUT2D eigenvalue weighted by Gasteiger charge is 1.95. The van der Waals surface area contributed by atoms with Crippen molar-refractivity contribution in [3.8, 4) is 0 Å². The third kappa shape index (κ3) is 3.49. The molecule has 0 aliphatic rings. The van der Waals surface area contributed by atoms with Crippen LogP contribution in [0.5, 0.6) is 0 Å². The molecule has 46 valence electrons. The van der Waals surface area contributed by atoms with E-state index in [-0.39, 0.29) is 6.07 Å². The van der Waals surface area contributed by atoms with Crippen LogP contribution in [0.15, 0.2) is 12.8 Å². The van der Waals surface area contributed by atoms with E-state index < -0.39 is 6.16 Å². The highest BCUT2D eigenvalue weighted by Crippen LogP contribution is 1.85. The Morgan fingerprint density at radius 3 is 2.88 bits per heavy atom. The van der Waals surface area contributed by atoms with Crippen LogP contribution in [-0.4, -0.2) is 12.2 Å². The number of hydrogen-bond donors (Lipinski definition) is 0. The largest absolute Gasteiger partial charge is 0.514 e. The van der Waals surface area contributed by atoms with E-state index in [4.69, 9.17) is 11.6 Å². The second-order valence-electron chi connectivity index (χ2n) is 0.788. The summed E-state index contributed by atoms with van der Waals surface area (Å²) in [5.74, 6) is 0. The van der Waals surface area contributed by atoms with E-state index in [1.54, 1.807) is 0 Å². The third-order valence-electron chi connectivity index (χ3n) is 0.352. The lowest BCUT2D eigenvalue weighted by molar-refractivity contribution is 0.100. The van der Waals surface area contributed by atoms with Crippen molar-refractivity contribution < 1.29 is 14.3 Å². The zero-order valence-corrected chi connectivity index (χ0v) is 4.85. The van der Waals surface area contributed by atoms with E-state index in [1.165, 1.54) is 0 Å².